The average molecular weight is 616 g/mol. The number of nitrogens with one attached hydrogen (secondary N) is 1. The summed E-state index contributed by atoms with van der Waals surface area (Å²) in [6.07, 6.45) is 0.820. The van der Waals surface area contributed by atoms with E-state index in [1.807, 2.05) is 51.1 Å². The Morgan fingerprint density at radius 3 is 2.05 bits per heavy atom. The lowest BCUT2D eigenvalue weighted by Crippen LogP contribution is -2.54. The zero-order valence-corrected chi connectivity index (χ0v) is 26.0. The second-order valence-corrected chi connectivity index (χ2v) is 12.7. The topological polar surface area (TPSA) is 86.8 Å². The SMILES string of the molecule is CC[C@H](C)NC(=O)[C@@H](Cc1ccccc1)N(Cc1ccccc1F)C(=O)CN(c1ccccc1)S(=O)(=O)c1ccc(C)cc1. The van der Waals surface area contributed by atoms with Crippen molar-refractivity contribution in [2.75, 3.05) is 10.8 Å². The van der Waals surface area contributed by atoms with E-state index in [-0.39, 0.29) is 35.2 Å². The molecule has 0 fully saturated rings. The lowest BCUT2D eigenvalue weighted by Gasteiger charge is -2.34. The minimum atomic E-state index is -4.20. The monoisotopic (exact) mass is 615 g/mol. The van der Waals surface area contributed by atoms with Crippen LogP contribution in [0.15, 0.2) is 114 Å². The first-order chi connectivity index (χ1) is 21.1. The first-order valence-electron chi connectivity index (χ1n) is 14.6. The van der Waals surface area contributed by atoms with Crippen LogP contribution in [0.3, 0.4) is 0 Å². The molecule has 4 rings (SSSR count). The Labute approximate surface area is 259 Å². The van der Waals surface area contributed by atoms with Gasteiger partial charge in [-0.05, 0) is 56.2 Å². The third kappa shape index (κ3) is 8.11. The number of nitrogens with zero attached hydrogens (tertiary/aromatic N) is 2. The molecule has 0 unspecified atom stereocenters. The van der Waals surface area contributed by atoms with Crippen molar-refractivity contribution in [1.29, 1.82) is 0 Å². The molecule has 0 spiro atoms. The van der Waals surface area contributed by atoms with Crippen LogP contribution >= 0.6 is 0 Å². The number of benzene rings is 4. The number of halogens is 1. The quantitative estimate of drug-likeness (QED) is 0.203. The molecule has 4 aromatic rings. The minimum Gasteiger partial charge on any atom is -0.352 e. The second kappa shape index (κ2) is 14.8. The van der Waals surface area contributed by atoms with Gasteiger partial charge in [0.2, 0.25) is 11.8 Å². The van der Waals surface area contributed by atoms with Crippen molar-refractivity contribution in [2.45, 2.75) is 57.1 Å². The molecule has 230 valence electrons. The Hall–Kier alpha value is -4.50. The van der Waals surface area contributed by atoms with Gasteiger partial charge in [-0.3, -0.25) is 13.9 Å². The van der Waals surface area contributed by atoms with E-state index in [0.717, 1.165) is 15.4 Å². The highest BCUT2D eigenvalue weighted by Crippen LogP contribution is 2.25. The molecule has 9 heteroatoms. The standard InChI is InChI=1S/C35H38FN3O4S/c1-4-27(3)37-35(41)33(23-28-13-7-5-8-14-28)38(24-29-15-11-12-18-32(29)36)34(40)25-39(30-16-9-6-10-17-30)44(42,43)31-21-19-26(2)20-22-31/h5-22,27,33H,4,23-25H2,1-3H3,(H,37,41)/t27-,33+/m0/s1. The van der Waals surface area contributed by atoms with Crippen molar-refractivity contribution in [3.05, 3.63) is 132 Å². The van der Waals surface area contributed by atoms with Crippen LogP contribution in [0.4, 0.5) is 10.1 Å². The van der Waals surface area contributed by atoms with E-state index < -0.39 is 40.2 Å². The van der Waals surface area contributed by atoms with Crippen molar-refractivity contribution in [2.24, 2.45) is 0 Å². The number of amides is 2. The fourth-order valence-electron chi connectivity index (χ4n) is 4.77. The number of aryl methyl sites for hydroxylation is 1. The highest BCUT2D eigenvalue weighted by molar-refractivity contribution is 7.92. The van der Waals surface area contributed by atoms with Crippen LogP contribution in [0.5, 0.6) is 0 Å². The first kappa shape index (κ1) is 32.4. The molecule has 0 saturated carbocycles. The number of para-hydroxylation sites is 1. The van der Waals surface area contributed by atoms with Gasteiger partial charge in [0.15, 0.2) is 0 Å². The molecular weight excluding hydrogens is 577 g/mol. The Morgan fingerprint density at radius 2 is 1.43 bits per heavy atom. The normalized spacial score (nSPS) is 12.6. The van der Waals surface area contributed by atoms with Gasteiger partial charge in [-0.25, -0.2) is 12.8 Å². The van der Waals surface area contributed by atoms with Gasteiger partial charge in [0.05, 0.1) is 10.6 Å². The molecule has 7 nitrogen and oxygen atoms in total. The molecule has 1 N–H and O–H groups in total. The number of carbonyl (C=O) groups is 2. The maximum absolute atomic E-state index is 15.0. The van der Waals surface area contributed by atoms with E-state index in [0.29, 0.717) is 6.42 Å². The summed E-state index contributed by atoms with van der Waals surface area (Å²) in [6, 6.07) is 28.8. The lowest BCUT2D eigenvalue weighted by molar-refractivity contribution is -0.140. The number of hydrogen-bond donors (Lipinski definition) is 1. The summed E-state index contributed by atoms with van der Waals surface area (Å²) in [6.45, 7) is 4.83. The minimum absolute atomic E-state index is 0.0238. The molecule has 44 heavy (non-hydrogen) atoms. The second-order valence-electron chi connectivity index (χ2n) is 10.8. The van der Waals surface area contributed by atoms with Crippen molar-refractivity contribution >= 4 is 27.5 Å². The van der Waals surface area contributed by atoms with Crippen LogP contribution in [0.25, 0.3) is 0 Å². The van der Waals surface area contributed by atoms with Crippen LogP contribution in [0.2, 0.25) is 0 Å². The van der Waals surface area contributed by atoms with Gasteiger partial charge in [0.25, 0.3) is 10.0 Å². The molecular formula is C35H38FN3O4S. The van der Waals surface area contributed by atoms with Crippen LogP contribution in [-0.4, -0.2) is 43.8 Å². The van der Waals surface area contributed by atoms with Crippen LogP contribution < -0.4 is 9.62 Å². The molecule has 0 heterocycles. The fraction of sp³-hybridized carbons (Fsp3) is 0.257. The van der Waals surface area contributed by atoms with E-state index >= 15 is 0 Å². The first-order valence-corrected chi connectivity index (χ1v) is 16.1. The van der Waals surface area contributed by atoms with Crippen LogP contribution in [0, 0.1) is 12.7 Å². The van der Waals surface area contributed by atoms with E-state index in [4.69, 9.17) is 0 Å². The Balaban J connectivity index is 1.80. The highest BCUT2D eigenvalue weighted by atomic mass is 32.2. The van der Waals surface area contributed by atoms with Crippen LogP contribution in [0.1, 0.15) is 37.0 Å². The van der Waals surface area contributed by atoms with Crippen molar-refractivity contribution in [3.8, 4) is 0 Å². The third-order valence-electron chi connectivity index (χ3n) is 7.50. The van der Waals surface area contributed by atoms with Gasteiger partial charge >= 0.3 is 0 Å². The van der Waals surface area contributed by atoms with Crippen molar-refractivity contribution in [1.82, 2.24) is 10.2 Å². The molecule has 0 radical (unpaired) electrons. The van der Waals surface area contributed by atoms with E-state index in [1.54, 1.807) is 60.7 Å². The molecule has 0 aliphatic carbocycles. The van der Waals surface area contributed by atoms with Gasteiger partial charge in [-0.2, -0.15) is 0 Å². The number of hydrogen-bond acceptors (Lipinski definition) is 4. The zero-order valence-electron chi connectivity index (χ0n) is 25.2. The maximum Gasteiger partial charge on any atom is 0.264 e. The number of anilines is 1. The van der Waals surface area contributed by atoms with E-state index in [2.05, 4.69) is 5.32 Å². The summed E-state index contributed by atoms with van der Waals surface area (Å²) < 4.78 is 44.1. The smallest absolute Gasteiger partial charge is 0.264 e. The average Bonchev–Trinajstić information content (AvgIpc) is 3.03. The summed E-state index contributed by atoms with van der Waals surface area (Å²) in [5.41, 5.74) is 2.19. The number of rotatable bonds is 13. The summed E-state index contributed by atoms with van der Waals surface area (Å²) >= 11 is 0. The molecule has 2 amide bonds. The summed E-state index contributed by atoms with van der Waals surface area (Å²) in [4.78, 5) is 29.5. The molecule has 0 bridgehead atoms. The maximum atomic E-state index is 15.0. The summed E-state index contributed by atoms with van der Waals surface area (Å²) in [7, 11) is -4.20. The van der Waals surface area contributed by atoms with E-state index in [1.165, 1.54) is 23.1 Å². The molecule has 0 aliphatic heterocycles. The third-order valence-corrected chi connectivity index (χ3v) is 9.29. The fourth-order valence-corrected chi connectivity index (χ4v) is 6.18. The lowest BCUT2D eigenvalue weighted by atomic mass is 10.0. The Morgan fingerprint density at radius 1 is 0.841 bits per heavy atom. The van der Waals surface area contributed by atoms with Gasteiger partial charge in [0.1, 0.15) is 18.4 Å². The molecule has 2 atom stereocenters. The molecule has 4 aromatic carbocycles. The predicted octanol–water partition coefficient (Wildman–Crippen LogP) is 5.88. The number of carbonyl (C=O) groups excluding carboxylic acids is 2. The summed E-state index contributed by atoms with van der Waals surface area (Å²) in [5, 5.41) is 2.97. The molecule has 0 aliphatic rings. The van der Waals surface area contributed by atoms with Gasteiger partial charge < -0.3 is 10.2 Å². The van der Waals surface area contributed by atoms with Crippen molar-refractivity contribution in [3.63, 3.8) is 0 Å². The predicted molar refractivity (Wildman–Crippen MR) is 171 cm³/mol. The van der Waals surface area contributed by atoms with Gasteiger partial charge in [-0.15, -0.1) is 0 Å². The Bertz CT molecular complexity index is 1650. The largest absolute Gasteiger partial charge is 0.352 e. The van der Waals surface area contributed by atoms with Crippen LogP contribution in [-0.2, 0) is 32.6 Å². The van der Waals surface area contributed by atoms with Gasteiger partial charge in [-0.1, -0.05) is 91.3 Å². The number of sulfonamides is 1. The summed E-state index contributed by atoms with van der Waals surface area (Å²) in [5.74, 6) is -1.58. The van der Waals surface area contributed by atoms with Crippen molar-refractivity contribution < 1.29 is 22.4 Å². The Kier molecular flexibility index (Phi) is 10.9. The van der Waals surface area contributed by atoms with E-state index in [9.17, 15) is 22.4 Å². The highest BCUT2D eigenvalue weighted by Gasteiger charge is 2.35. The van der Waals surface area contributed by atoms with Gasteiger partial charge in [0, 0.05) is 24.6 Å². The molecule has 0 aromatic heterocycles. The molecule has 0 saturated heterocycles. The zero-order chi connectivity index (χ0) is 31.7.